The van der Waals surface area contributed by atoms with Crippen molar-refractivity contribution in [3.05, 3.63) is 0 Å². The van der Waals surface area contributed by atoms with Gasteiger partial charge in [-0.1, -0.05) is 0 Å². The predicted molar refractivity (Wildman–Crippen MR) is 33.9 cm³/mol. The van der Waals surface area contributed by atoms with Crippen molar-refractivity contribution in [2.45, 2.75) is 31.9 Å². The van der Waals surface area contributed by atoms with E-state index in [2.05, 4.69) is 0 Å². The zero-order valence-electron chi connectivity index (χ0n) is 7.13. The zero-order valence-corrected chi connectivity index (χ0v) is 9.13. The molecule has 0 saturated carbocycles. The van der Waals surface area contributed by atoms with Crippen molar-refractivity contribution in [3.63, 3.8) is 0 Å². The summed E-state index contributed by atoms with van der Waals surface area (Å²) in [4.78, 5) is 10.0. The fraction of sp³-hybridized carbons (Fsp3) is 0.833. The zero-order chi connectivity index (χ0) is 8.36. The summed E-state index contributed by atoms with van der Waals surface area (Å²) >= 11 is 0. The molecule has 11 heavy (non-hydrogen) atoms. The summed E-state index contributed by atoms with van der Waals surface area (Å²) in [7, 11) is 0. The third-order valence-electron chi connectivity index (χ3n) is 1.02. The van der Waals surface area contributed by atoms with Crippen LogP contribution in [0, 0.1) is 0 Å². The standard InChI is InChI=1S/C6H13NO3.Na/c1-6(2,10)3-4(7)5(8)9;/h4,10H,3,7H2,1-2H3,(H,8,9);/q;+1/p-1. The molecule has 0 aliphatic heterocycles. The van der Waals surface area contributed by atoms with Crippen LogP contribution in [0.25, 0.3) is 0 Å². The molecule has 0 spiro atoms. The third kappa shape index (κ3) is 8.29. The van der Waals surface area contributed by atoms with Crippen LogP contribution in [0.2, 0.25) is 0 Å². The second kappa shape index (κ2) is 5.11. The number of aliphatic hydroxyl groups is 1. The van der Waals surface area contributed by atoms with E-state index < -0.39 is 17.6 Å². The third-order valence-corrected chi connectivity index (χ3v) is 1.02. The molecule has 0 saturated heterocycles. The van der Waals surface area contributed by atoms with Gasteiger partial charge in [-0.05, 0) is 20.3 Å². The Hall–Kier alpha value is 0.390. The number of carbonyl (C=O) groups excluding carboxylic acids is 1. The van der Waals surface area contributed by atoms with E-state index in [1.165, 1.54) is 13.8 Å². The summed E-state index contributed by atoms with van der Waals surface area (Å²) in [6.45, 7) is 2.99. The fourth-order valence-corrected chi connectivity index (χ4v) is 0.622. The topological polar surface area (TPSA) is 86.4 Å². The second-order valence-corrected chi connectivity index (χ2v) is 2.94. The summed E-state index contributed by atoms with van der Waals surface area (Å²) in [6, 6.07) is -1.08. The van der Waals surface area contributed by atoms with Gasteiger partial charge in [-0.2, -0.15) is 0 Å². The van der Waals surface area contributed by atoms with Crippen LogP contribution in [0.5, 0.6) is 0 Å². The quantitative estimate of drug-likeness (QED) is 0.415. The Balaban J connectivity index is 0. The Kier molecular flexibility index (Phi) is 6.48. The largest absolute Gasteiger partial charge is 1.00 e. The van der Waals surface area contributed by atoms with Gasteiger partial charge in [0.25, 0.3) is 0 Å². The molecule has 60 valence electrons. The number of carboxylic acids is 1. The molecule has 0 heterocycles. The van der Waals surface area contributed by atoms with Crippen molar-refractivity contribution in [3.8, 4) is 0 Å². The van der Waals surface area contributed by atoms with Crippen molar-refractivity contribution in [1.29, 1.82) is 0 Å². The maximum absolute atomic E-state index is 10.0. The Morgan fingerprint density at radius 1 is 1.73 bits per heavy atom. The van der Waals surface area contributed by atoms with Crippen LogP contribution in [-0.2, 0) is 4.79 Å². The van der Waals surface area contributed by atoms with E-state index in [0.717, 1.165) is 0 Å². The first-order valence-corrected chi connectivity index (χ1v) is 3.02. The first-order valence-electron chi connectivity index (χ1n) is 3.02. The van der Waals surface area contributed by atoms with E-state index in [0.29, 0.717) is 0 Å². The van der Waals surface area contributed by atoms with Gasteiger partial charge in [0.05, 0.1) is 11.6 Å². The van der Waals surface area contributed by atoms with Crippen LogP contribution in [0.4, 0.5) is 0 Å². The Bertz CT molecular complexity index is 132. The van der Waals surface area contributed by atoms with Gasteiger partial charge < -0.3 is 20.7 Å². The monoisotopic (exact) mass is 169 g/mol. The van der Waals surface area contributed by atoms with Crippen molar-refractivity contribution >= 4 is 5.97 Å². The molecule has 0 bridgehead atoms. The molecule has 4 nitrogen and oxygen atoms in total. The molecule has 0 aromatic carbocycles. The van der Waals surface area contributed by atoms with Crippen LogP contribution >= 0.6 is 0 Å². The molecule has 1 atom stereocenters. The van der Waals surface area contributed by atoms with E-state index in [-0.39, 0.29) is 36.0 Å². The number of carboxylic acid groups (broad SMARTS) is 1. The smallest absolute Gasteiger partial charge is 0.548 e. The van der Waals surface area contributed by atoms with Crippen LogP contribution in [0.1, 0.15) is 20.3 Å². The Morgan fingerprint density at radius 3 is 2.18 bits per heavy atom. The molecule has 0 aromatic rings. The Morgan fingerprint density at radius 2 is 2.09 bits per heavy atom. The van der Waals surface area contributed by atoms with Gasteiger partial charge in [0, 0.05) is 6.04 Å². The van der Waals surface area contributed by atoms with Crippen molar-refractivity contribution in [2.75, 3.05) is 0 Å². The number of carbonyl (C=O) groups is 1. The molecule has 1 unspecified atom stereocenters. The second-order valence-electron chi connectivity index (χ2n) is 2.94. The molecule has 0 aromatic heterocycles. The molecule has 0 aliphatic rings. The van der Waals surface area contributed by atoms with E-state index in [1.54, 1.807) is 0 Å². The normalized spacial score (nSPS) is 13.5. The molecule has 0 fully saturated rings. The van der Waals surface area contributed by atoms with Gasteiger partial charge in [-0.3, -0.25) is 0 Å². The minimum Gasteiger partial charge on any atom is -0.548 e. The first kappa shape index (κ1) is 13.9. The molecular formula is C6H12NNaO3. The van der Waals surface area contributed by atoms with E-state index >= 15 is 0 Å². The minimum atomic E-state index is -1.33. The van der Waals surface area contributed by atoms with Crippen LogP contribution in [0.15, 0.2) is 0 Å². The van der Waals surface area contributed by atoms with Gasteiger partial charge >= 0.3 is 29.6 Å². The van der Waals surface area contributed by atoms with E-state index in [1.807, 2.05) is 0 Å². The number of aliphatic carboxylic acids is 1. The maximum atomic E-state index is 10.0. The molecule has 0 amide bonds. The molecule has 5 heteroatoms. The number of hydrogen-bond acceptors (Lipinski definition) is 4. The predicted octanol–water partition coefficient (Wildman–Crippen LogP) is -4.77. The van der Waals surface area contributed by atoms with Gasteiger partial charge in [0.2, 0.25) is 0 Å². The van der Waals surface area contributed by atoms with Gasteiger partial charge in [0.15, 0.2) is 0 Å². The number of rotatable bonds is 3. The summed E-state index contributed by atoms with van der Waals surface area (Å²) < 4.78 is 0. The number of nitrogens with two attached hydrogens (primary N) is 1. The maximum Gasteiger partial charge on any atom is 1.00 e. The van der Waals surface area contributed by atoms with Crippen molar-refractivity contribution in [1.82, 2.24) is 0 Å². The molecule has 0 rings (SSSR count). The van der Waals surface area contributed by atoms with Gasteiger partial charge in [0.1, 0.15) is 0 Å². The molecular weight excluding hydrogens is 157 g/mol. The SMILES string of the molecule is CC(C)(O)CC(N)C(=O)[O-].[Na+]. The summed E-state index contributed by atoms with van der Waals surface area (Å²) in [5.74, 6) is -1.33. The van der Waals surface area contributed by atoms with Crippen molar-refractivity contribution < 1.29 is 44.6 Å². The summed E-state index contributed by atoms with van der Waals surface area (Å²) in [5.41, 5.74) is 4.04. The fourth-order valence-electron chi connectivity index (χ4n) is 0.622. The van der Waals surface area contributed by atoms with Crippen LogP contribution in [0.3, 0.4) is 0 Å². The average Bonchev–Trinajstić information content (AvgIpc) is 1.60. The van der Waals surface area contributed by atoms with E-state index in [9.17, 15) is 9.90 Å². The Labute approximate surface area is 88.1 Å². The van der Waals surface area contributed by atoms with Crippen LogP contribution < -0.4 is 40.4 Å². The minimum absolute atomic E-state index is 0. The first-order chi connectivity index (χ1) is 4.33. The molecule has 0 radical (unpaired) electrons. The molecule has 0 aliphatic carbocycles. The van der Waals surface area contributed by atoms with Gasteiger partial charge in [-0.15, -0.1) is 0 Å². The summed E-state index contributed by atoms with van der Waals surface area (Å²) in [6.07, 6.45) is 0.00926. The van der Waals surface area contributed by atoms with Crippen molar-refractivity contribution in [2.24, 2.45) is 5.73 Å². The summed E-state index contributed by atoms with van der Waals surface area (Å²) in [5, 5.41) is 19.1. The van der Waals surface area contributed by atoms with Crippen LogP contribution in [-0.4, -0.2) is 22.7 Å². The average molecular weight is 169 g/mol. The number of hydrogen-bond donors (Lipinski definition) is 2. The van der Waals surface area contributed by atoms with E-state index in [4.69, 9.17) is 10.8 Å². The molecule has 3 N–H and O–H groups in total. The van der Waals surface area contributed by atoms with Gasteiger partial charge in [-0.25, -0.2) is 0 Å².